The number of amides is 1. The van der Waals surface area contributed by atoms with Gasteiger partial charge in [0.15, 0.2) is 11.5 Å². The summed E-state index contributed by atoms with van der Waals surface area (Å²) in [5.41, 5.74) is 0.668. The maximum Gasteiger partial charge on any atom is 0.254 e. The molecule has 5 heteroatoms. The number of methoxy groups -OCH3 is 1. The van der Waals surface area contributed by atoms with Crippen LogP contribution in [-0.4, -0.2) is 49.7 Å². The van der Waals surface area contributed by atoms with Crippen molar-refractivity contribution >= 4 is 5.91 Å². The van der Waals surface area contributed by atoms with Crippen LogP contribution in [0.25, 0.3) is 0 Å². The standard InChI is InChI=1S/C19H28N2O3/c1-13(2)12-24-17-7-4-14(10-18(17)23-3)19(22)21-9-8-15-5-6-16(11-21)20-15/h4,7,10,13,15-16,20H,5-6,8-9,11-12H2,1-3H3. The first-order chi connectivity index (χ1) is 11.6. The van der Waals surface area contributed by atoms with Crippen molar-refractivity contribution < 1.29 is 14.3 Å². The molecule has 0 aliphatic carbocycles. The van der Waals surface area contributed by atoms with Crippen molar-refractivity contribution in [3.8, 4) is 11.5 Å². The minimum absolute atomic E-state index is 0.0815. The highest BCUT2D eigenvalue weighted by Gasteiger charge is 2.31. The van der Waals surface area contributed by atoms with Crippen molar-refractivity contribution in [1.29, 1.82) is 0 Å². The van der Waals surface area contributed by atoms with E-state index in [0.29, 0.717) is 41.7 Å². The zero-order chi connectivity index (χ0) is 17.1. The number of nitrogens with one attached hydrogen (secondary N) is 1. The van der Waals surface area contributed by atoms with Gasteiger partial charge < -0.3 is 19.7 Å². The Balaban J connectivity index is 1.72. The molecular formula is C19H28N2O3. The van der Waals surface area contributed by atoms with E-state index in [1.165, 1.54) is 12.8 Å². The van der Waals surface area contributed by atoms with Crippen LogP contribution in [0.3, 0.4) is 0 Å². The first-order valence-corrected chi connectivity index (χ1v) is 8.93. The van der Waals surface area contributed by atoms with Gasteiger partial charge >= 0.3 is 0 Å². The first-order valence-electron chi connectivity index (χ1n) is 8.93. The van der Waals surface area contributed by atoms with Crippen molar-refractivity contribution in [3.63, 3.8) is 0 Å². The van der Waals surface area contributed by atoms with Gasteiger partial charge in [-0.25, -0.2) is 0 Å². The molecule has 5 nitrogen and oxygen atoms in total. The summed E-state index contributed by atoms with van der Waals surface area (Å²) in [6, 6.07) is 6.51. The van der Waals surface area contributed by atoms with Crippen molar-refractivity contribution in [1.82, 2.24) is 10.2 Å². The van der Waals surface area contributed by atoms with E-state index in [9.17, 15) is 4.79 Å². The number of hydrogen-bond donors (Lipinski definition) is 1. The lowest BCUT2D eigenvalue weighted by molar-refractivity contribution is 0.0747. The number of fused-ring (bicyclic) bond motifs is 2. The molecule has 0 spiro atoms. The topological polar surface area (TPSA) is 50.8 Å². The molecule has 2 saturated heterocycles. The number of benzene rings is 1. The van der Waals surface area contributed by atoms with Crippen LogP contribution in [0.2, 0.25) is 0 Å². The van der Waals surface area contributed by atoms with Crippen molar-refractivity contribution in [2.45, 2.75) is 45.2 Å². The molecule has 1 aromatic rings. The zero-order valence-electron chi connectivity index (χ0n) is 14.9. The second kappa shape index (κ2) is 7.43. The Morgan fingerprint density at radius 3 is 2.79 bits per heavy atom. The normalized spacial score (nSPS) is 23.2. The Morgan fingerprint density at radius 2 is 2.04 bits per heavy atom. The summed E-state index contributed by atoms with van der Waals surface area (Å²) in [6.07, 6.45) is 3.44. The lowest BCUT2D eigenvalue weighted by atomic mass is 10.1. The van der Waals surface area contributed by atoms with Gasteiger partial charge in [-0.2, -0.15) is 0 Å². The number of likely N-dealkylation sites (tertiary alicyclic amines) is 1. The molecule has 2 bridgehead atoms. The van der Waals surface area contributed by atoms with Gasteiger partial charge in [-0.3, -0.25) is 4.79 Å². The quantitative estimate of drug-likeness (QED) is 0.901. The summed E-state index contributed by atoms with van der Waals surface area (Å²) >= 11 is 0. The molecule has 3 rings (SSSR count). The van der Waals surface area contributed by atoms with Gasteiger partial charge in [0, 0.05) is 30.7 Å². The lowest BCUT2D eigenvalue weighted by Gasteiger charge is -2.24. The Labute approximate surface area is 144 Å². The van der Waals surface area contributed by atoms with Crippen molar-refractivity contribution in [2.75, 3.05) is 26.8 Å². The summed E-state index contributed by atoms with van der Waals surface area (Å²) in [5, 5.41) is 3.61. The van der Waals surface area contributed by atoms with E-state index in [1.807, 2.05) is 17.0 Å². The maximum absolute atomic E-state index is 12.9. The molecule has 2 heterocycles. The maximum atomic E-state index is 12.9. The van der Waals surface area contributed by atoms with Crippen LogP contribution in [0.4, 0.5) is 0 Å². The molecule has 2 fully saturated rings. The fourth-order valence-corrected chi connectivity index (χ4v) is 3.49. The van der Waals surface area contributed by atoms with E-state index in [-0.39, 0.29) is 5.91 Å². The third kappa shape index (κ3) is 3.83. The van der Waals surface area contributed by atoms with E-state index >= 15 is 0 Å². The molecule has 132 valence electrons. The van der Waals surface area contributed by atoms with E-state index < -0.39 is 0 Å². The summed E-state index contributed by atoms with van der Waals surface area (Å²) in [7, 11) is 1.61. The molecule has 0 saturated carbocycles. The predicted octanol–water partition coefficient (Wildman–Crippen LogP) is 2.70. The molecule has 0 radical (unpaired) electrons. The minimum Gasteiger partial charge on any atom is -0.493 e. The summed E-state index contributed by atoms with van der Waals surface area (Å²) < 4.78 is 11.2. The smallest absolute Gasteiger partial charge is 0.254 e. The van der Waals surface area contributed by atoms with Crippen LogP contribution in [-0.2, 0) is 0 Å². The van der Waals surface area contributed by atoms with Crippen LogP contribution in [0, 0.1) is 5.92 Å². The fourth-order valence-electron chi connectivity index (χ4n) is 3.49. The number of carbonyl (C=O) groups excluding carboxylic acids is 1. The molecule has 2 aliphatic heterocycles. The number of ether oxygens (including phenoxy) is 2. The molecule has 1 aromatic carbocycles. The Hall–Kier alpha value is -1.75. The highest BCUT2D eigenvalue weighted by atomic mass is 16.5. The first kappa shape index (κ1) is 17.1. The van der Waals surface area contributed by atoms with Gasteiger partial charge in [0.05, 0.1) is 13.7 Å². The second-order valence-electron chi connectivity index (χ2n) is 7.25. The van der Waals surface area contributed by atoms with Gasteiger partial charge in [-0.05, 0) is 43.4 Å². The van der Waals surface area contributed by atoms with Crippen LogP contribution >= 0.6 is 0 Å². The van der Waals surface area contributed by atoms with Crippen LogP contribution in [0.5, 0.6) is 11.5 Å². The number of hydrogen-bond acceptors (Lipinski definition) is 4. The molecule has 2 aliphatic rings. The largest absolute Gasteiger partial charge is 0.493 e. The fraction of sp³-hybridized carbons (Fsp3) is 0.632. The van der Waals surface area contributed by atoms with Crippen LogP contribution in [0.15, 0.2) is 18.2 Å². The van der Waals surface area contributed by atoms with E-state index in [2.05, 4.69) is 19.2 Å². The van der Waals surface area contributed by atoms with E-state index in [0.717, 1.165) is 19.5 Å². The molecule has 24 heavy (non-hydrogen) atoms. The number of nitrogens with zero attached hydrogens (tertiary/aromatic N) is 1. The average Bonchev–Trinajstić information content (AvgIpc) is 2.91. The lowest BCUT2D eigenvalue weighted by Crippen LogP contribution is -2.39. The number of rotatable bonds is 5. The average molecular weight is 332 g/mol. The zero-order valence-corrected chi connectivity index (χ0v) is 14.9. The highest BCUT2D eigenvalue weighted by Crippen LogP contribution is 2.29. The SMILES string of the molecule is COc1cc(C(=O)N2CCC3CCC(C2)N3)ccc1OCC(C)C. The molecular weight excluding hydrogens is 304 g/mol. The monoisotopic (exact) mass is 332 g/mol. The van der Waals surface area contributed by atoms with Gasteiger partial charge in [0.1, 0.15) is 0 Å². The van der Waals surface area contributed by atoms with Gasteiger partial charge in [-0.1, -0.05) is 13.8 Å². The Bertz CT molecular complexity index is 588. The third-order valence-corrected chi connectivity index (χ3v) is 4.79. The molecule has 1 N–H and O–H groups in total. The molecule has 1 amide bonds. The number of carbonyl (C=O) groups is 1. The molecule has 2 unspecified atom stereocenters. The highest BCUT2D eigenvalue weighted by molar-refractivity contribution is 5.95. The Kier molecular flexibility index (Phi) is 5.29. The second-order valence-corrected chi connectivity index (χ2v) is 7.25. The summed E-state index contributed by atoms with van der Waals surface area (Å²) in [6.45, 7) is 6.45. The van der Waals surface area contributed by atoms with Crippen LogP contribution in [0.1, 0.15) is 43.5 Å². The molecule has 0 aromatic heterocycles. The summed E-state index contributed by atoms with van der Waals surface area (Å²) in [5.74, 6) is 1.84. The third-order valence-electron chi connectivity index (χ3n) is 4.79. The summed E-state index contributed by atoms with van der Waals surface area (Å²) in [4.78, 5) is 14.8. The predicted molar refractivity (Wildman–Crippen MR) is 93.8 cm³/mol. The minimum atomic E-state index is 0.0815. The van der Waals surface area contributed by atoms with Gasteiger partial charge in [-0.15, -0.1) is 0 Å². The van der Waals surface area contributed by atoms with Crippen LogP contribution < -0.4 is 14.8 Å². The van der Waals surface area contributed by atoms with E-state index in [1.54, 1.807) is 13.2 Å². The van der Waals surface area contributed by atoms with Crippen molar-refractivity contribution in [3.05, 3.63) is 23.8 Å². The van der Waals surface area contributed by atoms with Gasteiger partial charge in [0.2, 0.25) is 0 Å². The molecule has 2 atom stereocenters. The Morgan fingerprint density at radius 1 is 1.25 bits per heavy atom. The van der Waals surface area contributed by atoms with E-state index in [4.69, 9.17) is 9.47 Å². The van der Waals surface area contributed by atoms with Gasteiger partial charge in [0.25, 0.3) is 5.91 Å². The van der Waals surface area contributed by atoms with Crippen molar-refractivity contribution in [2.24, 2.45) is 5.92 Å².